The molecular weight excluding hydrogens is 410 g/mol. The Labute approximate surface area is 188 Å². The van der Waals surface area contributed by atoms with Crippen LogP contribution < -0.4 is 15.8 Å². The zero-order chi connectivity index (χ0) is 23.7. The number of hydrogen-bond donors (Lipinski definition) is 2. The Morgan fingerprint density at radius 1 is 1.09 bits per heavy atom. The van der Waals surface area contributed by atoms with E-state index in [-0.39, 0.29) is 36.3 Å². The van der Waals surface area contributed by atoms with Crippen LogP contribution >= 0.6 is 0 Å². The second-order valence-corrected chi connectivity index (χ2v) is 7.68. The van der Waals surface area contributed by atoms with E-state index >= 15 is 0 Å². The number of rotatable bonds is 10. The van der Waals surface area contributed by atoms with Crippen LogP contribution in [-0.2, 0) is 16.1 Å². The van der Waals surface area contributed by atoms with Crippen LogP contribution in [0.5, 0.6) is 5.75 Å². The van der Waals surface area contributed by atoms with Crippen molar-refractivity contribution in [3.8, 4) is 5.75 Å². The predicted molar refractivity (Wildman–Crippen MR) is 120 cm³/mol. The summed E-state index contributed by atoms with van der Waals surface area (Å²) in [6.07, 6.45) is 2.40. The quantitative estimate of drug-likeness (QED) is 0.542. The summed E-state index contributed by atoms with van der Waals surface area (Å²) < 4.78 is 11.3. The number of pyridine rings is 1. The summed E-state index contributed by atoms with van der Waals surface area (Å²) in [5.74, 6) is -1.49. The van der Waals surface area contributed by atoms with Gasteiger partial charge in [-0.25, -0.2) is 9.78 Å². The first-order chi connectivity index (χ1) is 15.3. The molecule has 0 aliphatic carbocycles. The number of nitrogens with zero attached hydrogens (tertiary/aromatic N) is 1. The maximum Gasteiger partial charge on any atom is 0.340 e. The smallest absolute Gasteiger partial charge is 0.340 e. The van der Waals surface area contributed by atoms with E-state index in [4.69, 9.17) is 15.2 Å². The van der Waals surface area contributed by atoms with Crippen LogP contribution in [0.2, 0.25) is 0 Å². The molecule has 8 nitrogen and oxygen atoms in total. The molecule has 32 heavy (non-hydrogen) atoms. The third kappa shape index (κ3) is 6.88. The Bertz CT molecular complexity index is 937. The Morgan fingerprint density at radius 3 is 2.31 bits per heavy atom. The molecule has 1 heterocycles. The lowest BCUT2D eigenvalue weighted by molar-refractivity contribution is -0.118. The van der Waals surface area contributed by atoms with E-state index in [0.717, 1.165) is 5.56 Å². The van der Waals surface area contributed by atoms with E-state index in [9.17, 15) is 14.4 Å². The molecule has 0 fully saturated rings. The highest BCUT2D eigenvalue weighted by atomic mass is 16.5. The number of carbonyl (C=O) groups excluding carboxylic acids is 3. The van der Waals surface area contributed by atoms with Crippen LogP contribution in [0, 0.1) is 0 Å². The first-order valence-corrected chi connectivity index (χ1v) is 10.8. The van der Waals surface area contributed by atoms with Crippen molar-refractivity contribution in [2.75, 3.05) is 6.54 Å². The molecule has 0 saturated carbocycles. The molecule has 8 heteroatoms. The van der Waals surface area contributed by atoms with E-state index in [1.54, 1.807) is 0 Å². The Morgan fingerprint density at radius 2 is 1.75 bits per heavy atom. The largest absolute Gasteiger partial charge is 0.486 e. The van der Waals surface area contributed by atoms with E-state index in [0.29, 0.717) is 18.8 Å². The summed E-state index contributed by atoms with van der Waals surface area (Å²) in [5, 5.41) is 2.14. The van der Waals surface area contributed by atoms with Gasteiger partial charge in [0.15, 0.2) is 11.4 Å². The van der Waals surface area contributed by atoms with Gasteiger partial charge in [-0.15, -0.1) is 0 Å². The molecule has 0 spiro atoms. The first kappa shape index (κ1) is 25.0. The Kier molecular flexibility index (Phi) is 9.34. The second kappa shape index (κ2) is 12.0. The highest BCUT2D eigenvalue weighted by Gasteiger charge is 2.21. The maximum atomic E-state index is 12.5. The Balaban J connectivity index is 2.28. The highest BCUT2D eigenvalue weighted by molar-refractivity contribution is 6.06. The van der Waals surface area contributed by atoms with Gasteiger partial charge in [0.1, 0.15) is 12.7 Å². The summed E-state index contributed by atoms with van der Waals surface area (Å²) in [7, 11) is 0. The second-order valence-electron chi connectivity index (χ2n) is 7.68. The van der Waals surface area contributed by atoms with Gasteiger partial charge in [-0.05, 0) is 36.0 Å². The van der Waals surface area contributed by atoms with Crippen molar-refractivity contribution in [3.63, 3.8) is 0 Å². The molecule has 2 amide bonds. The molecule has 1 aromatic carbocycles. The molecule has 0 aliphatic rings. The topological polar surface area (TPSA) is 121 Å². The van der Waals surface area contributed by atoms with Gasteiger partial charge in [-0.3, -0.25) is 14.9 Å². The number of amides is 2. The van der Waals surface area contributed by atoms with E-state index in [1.807, 2.05) is 38.1 Å². The molecular formula is C24H31N3O5. The Hall–Kier alpha value is -3.26. The summed E-state index contributed by atoms with van der Waals surface area (Å²) in [6.45, 7) is 7.88. The average Bonchev–Trinajstić information content (AvgIpc) is 2.80. The van der Waals surface area contributed by atoms with Gasteiger partial charge in [0.05, 0.1) is 12.1 Å². The number of imide groups is 1. The van der Waals surface area contributed by atoms with Gasteiger partial charge >= 0.3 is 5.97 Å². The van der Waals surface area contributed by atoms with Gasteiger partial charge in [0, 0.05) is 6.20 Å². The zero-order valence-electron chi connectivity index (χ0n) is 19.0. The van der Waals surface area contributed by atoms with E-state index < -0.39 is 17.8 Å². The van der Waals surface area contributed by atoms with Crippen molar-refractivity contribution in [3.05, 3.63) is 58.9 Å². The molecule has 0 bridgehead atoms. The molecule has 0 saturated heterocycles. The van der Waals surface area contributed by atoms with E-state index in [2.05, 4.69) is 24.1 Å². The molecule has 2 aromatic rings. The maximum absolute atomic E-state index is 12.5. The number of hydrogen-bond acceptors (Lipinski definition) is 7. The van der Waals surface area contributed by atoms with Gasteiger partial charge in [-0.2, -0.15) is 0 Å². The summed E-state index contributed by atoms with van der Waals surface area (Å²) in [4.78, 5) is 40.6. The molecule has 172 valence electrons. The summed E-state index contributed by atoms with van der Waals surface area (Å²) in [6, 6.07) is 9.30. The number of benzene rings is 1. The lowest BCUT2D eigenvalue weighted by Gasteiger charge is -2.15. The molecule has 0 aliphatic heterocycles. The SMILES string of the molecule is CCC(CC)OC(=O)c1cnc(C(=O)NC(=O)CN)c(OCc2ccc(C(C)C)cc2)c1. The lowest BCUT2D eigenvalue weighted by atomic mass is 10.0. The summed E-state index contributed by atoms with van der Waals surface area (Å²) in [5.41, 5.74) is 7.37. The van der Waals surface area contributed by atoms with Crippen LogP contribution in [0.4, 0.5) is 0 Å². The molecule has 0 atom stereocenters. The van der Waals surface area contributed by atoms with Crippen molar-refractivity contribution in [2.24, 2.45) is 5.73 Å². The number of esters is 1. The average molecular weight is 442 g/mol. The molecule has 2 rings (SSSR count). The molecule has 3 N–H and O–H groups in total. The van der Waals surface area contributed by atoms with E-state index in [1.165, 1.54) is 17.8 Å². The van der Waals surface area contributed by atoms with Crippen molar-refractivity contribution in [1.82, 2.24) is 10.3 Å². The third-order valence-corrected chi connectivity index (χ3v) is 4.97. The minimum absolute atomic E-state index is 0.0688. The van der Waals surface area contributed by atoms with Crippen LogP contribution in [0.3, 0.4) is 0 Å². The van der Waals surface area contributed by atoms with Crippen molar-refractivity contribution >= 4 is 17.8 Å². The van der Waals surface area contributed by atoms with Crippen LogP contribution in [-0.4, -0.2) is 35.4 Å². The van der Waals surface area contributed by atoms with Crippen LogP contribution in [0.15, 0.2) is 36.5 Å². The minimum Gasteiger partial charge on any atom is -0.486 e. The van der Waals surface area contributed by atoms with Crippen LogP contribution in [0.25, 0.3) is 0 Å². The lowest BCUT2D eigenvalue weighted by Crippen LogP contribution is -2.36. The number of aromatic nitrogens is 1. The van der Waals surface area contributed by atoms with Crippen molar-refractivity contribution in [1.29, 1.82) is 0 Å². The minimum atomic E-state index is -0.759. The number of ether oxygens (including phenoxy) is 2. The fourth-order valence-corrected chi connectivity index (χ4v) is 2.91. The number of nitrogens with two attached hydrogens (primary N) is 1. The van der Waals surface area contributed by atoms with Crippen molar-refractivity contribution < 1.29 is 23.9 Å². The monoisotopic (exact) mass is 441 g/mol. The summed E-state index contributed by atoms with van der Waals surface area (Å²) >= 11 is 0. The first-order valence-electron chi connectivity index (χ1n) is 10.8. The number of nitrogens with one attached hydrogen (secondary N) is 1. The van der Waals surface area contributed by atoms with Gasteiger partial charge in [0.2, 0.25) is 5.91 Å². The number of carbonyl (C=O) groups is 3. The molecule has 1 aromatic heterocycles. The highest BCUT2D eigenvalue weighted by Crippen LogP contribution is 2.22. The van der Waals surface area contributed by atoms with Crippen LogP contribution in [0.1, 0.15) is 78.4 Å². The molecule has 0 unspecified atom stereocenters. The zero-order valence-corrected chi connectivity index (χ0v) is 19.0. The fourth-order valence-electron chi connectivity index (χ4n) is 2.91. The fraction of sp³-hybridized carbons (Fsp3) is 0.417. The molecule has 0 radical (unpaired) electrons. The third-order valence-electron chi connectivity index (χ3n) is 4.97. The standard InChI is InChI=1S/C24H31N3O5/c1-5-19(6-2)32-24(30)18-11-20(22(26-13-18)23(29)27-21(28)12-25)31-14-16-7-9-17(10-8-16)15(3)4/h7-11,13,15,19H,5-6,12,14,25H2,1-4H3,(H,27,28,29). The normalized spacial score (nSPS) is 10.8. The predicted octanol–water partition coefficient (Wildman–Crippen LogP) is 3.34. The van der Waals surface area contributed by atoms with Gasteiger partial charge in [0.25, 0.3) is 5.91 Å². The van der Waals surface area contributed by atoms with Gasteiger partial charge in [-0.1, -0.05) is 52.0 Å². The van der Waals surface area contributed by atoms with Gasteiger partial charge < -0.3 is 15.2 Å². The van der Waals surface area contributed by atoms with Crippen molar-refractivity contribution in [2.45, 2.75) is 59.2 Å².